The van der Waals surface area contributed by atoms with E-state index in [2.05, 4.69) is 0 Å². The summed E-state index contributed by atoms with van der Waals surface area (Å²) in [5.74, 6) is 0. The molecular formula is H2ClLiNO3Pd-. The predicted molar refractivity (Wildman–Crippen MR) is 18.7 cm³/mol. The predicted octanol–water partition coefficient (Wildman–Crippen LogP) is -2.70. The van der Waals surface area contributed by atoms with E-state index in [1.807, 2.05) is 0 Å². The average molecular weight is 213 g/mol. The Hall–Kier alpha value is 0.750. The minimum Gasteiger partial charge on any atom is -1.00 e. The van der Waals surface area contributed by atoms with Gasteiger partial charge in [0.2, 0.25) is 0 Å². The van der Waals surface area contributed by atoms with Crippen LogP contribution in [0.25, 0.3) is 0 Å². The van der Waals surface area contributed by atoms with Gasteiger partial charge in [0.05, 0.1) is 5.09 Å². The summed E-state index contributed by atoms with van der Waals surface area (Å²) in [5, 5.41) is 14.8. The van der Waals surface area contributed by atoms with Gasteiger partial charge < -0.3 is 16.7 Å². The topological polar surface area (TPSA) is 66.2 Å². The Kier molecular flexibility index (Phi) is 56.9. The zero-order valence-electron chi connectivity index (χ0n) is 4.40. The first-order chi connectivity index (χ1) is 1.73. The summed E-state index contributed by atoms with van der Waals surface area (Å²) in [6.45, 7) is 0. The SMILES string of the molecule is Cl.O=[N+]([O-])[O-].[H-].[Li+].[Pd]. The van der Waals surface area contributed by atoms with Crippen LogP contribution < -0.4 is 18.9 Å². The maximum absolute atomic E-state index is 8.25. The van der Waals surface area contributed by atoms with Gasteiger partial charge >= 0.3 is 18.9 Å². The van der Waals surface area contributed by atoms with Gasteiger partial charge in [0, 0.05) is 20.4 Å². The van der Waals surface area contributed by atoms with E-state index in [9.17, 15) is 0 Å². The van der Waals surface area contributed by atoms with Crippen molar-refractivity contribution in [2.24, 2.45) is 0 Å². The molecule has 0 bridgehead atoms. The van der Waals surface area contributed by atoms with Crippen molar-refractivity contribution in [1.82, 2.24) is 0 Å². The van der Waals surface area contributed by atoms with E-state index in [1.54, 1.807) is 0 Å². The number of halogens is 1. The van der Waals surface area contributed by atoms with E-state index < -0.39 is 5.09 Å². The van der Waals surface area contributed by atoms with Crippen LogP contribution in [-0.4, -0.2) is 5.09 Å². The van der Waals surface area contributed by atoms with E-state index in [0.717, 1.165) is 0 Å². The van der Waals surface area contributed by atoms with Crippen LogP contribution >= 0.6 is 12.4 Å². The van der Waals surface area contributed by atoms with Gasteiger partial charge in [-0.1, -0.05) is 0 Å². The largest absolute Gasteiger partial charge is 1.00 e. The van der Waals surface area contributed by atoms with Gasteiger partial charge in [-0.3, -0.25) is 0 Å². The van der Waals surface area contributed by atoms with E-state index in [0.29, 0.717) is 0 Å². The summed E-state index contributed by atoms with van der Waals surface area (Å²) in [4.78, 5) is 8.25. The fraction of sp³-hybridized carbons (Fsp3) is 0. The molecule has 0 aliphatic heterocycles. The molecule has 0 amide bonds. The summed E-state index contributed by atoms with van der Waals surface area (Å²) in [5.41, 5.74) is 0. The van der Waals surface area contributed by atoms with E-state index in [1.165, 1.54) is 0 Å². The normalized spacial score (nSPS) is 3.43. The third-order valence-electron chi connectivity index (χ3n) is 0. The maximum atomic E-state index is 8.25. The van der Waals surface area contributed by atoms with Gasteiger partial charge in [-0.05, 0) is 0 Å². The molecule has 0 spiro atoms. The second kappa shape index (κ2) is 15.9. The fourth-order valence-corrected chi connectivity index (χ4v) is 0. The van der Waals surface area contributed by atoms with Gasteiger partial charge in [0.1, 0.15) is 0 Å². The van der Waals surface area contributed by atoms with Crippen LogP contribution in [0.15, 0.2) is 0 Å². The molecule has 0 rings (SSSR count). The second-order valence-corrected chi connectivity index (χ2v) is 0.224. The minimum atomic E-state index is -1.75. The van der Waals surface area contributed by atoms with Crippen LogP contribution in [0.2, 0.25) is 0 Å². The second-order valence-electron chi connectivity index (χ2n) is 0.224. The number of nitrogens with zero attached hydrogens (tertiary/aromatic N) is 1. The van der Waals surface area contributed by atoms with Crippen molar-refractivity contribution in [3.8, 4) is 0 Å². The summed E-state index contributed by atoms with van der Waals surface area (Å²) < 4.78 is 0. The van der Waals surface area contributed by atoms with Crippen LogP contribution in [0, 0.1) is 15.3 Å². The van der Waals surface area contributed by atoms with E-state index >= 15 is 0 Å². The first-order valence-electron chi connectivity index (χ1n) is 0.548. The Bertz CT molecular complexity index is 42.3. The molecule has 0 aliphatic rings. The molecule has 0 saturated carbocycles. The zero-order chi connectivity index (χ0) is 3.58. The zero-order valence-corrected chi connectivity index (χ0v) is 5.77. The Balaban J connectivity index is -0.00000000750. The van der Waals surface area contributed by atoms with Crippen molar-refractivity contribution in [1.29, 1.82) is 0 Å². The number of hydrogen-bond donors (Lipinski definition) is 0. The van der Waals surface area contributed by atoms with Crippen molar-refractivity contribution in [2.75, 3.05) is 0 Å². The molecule has 0 atom stereocenters. The Labute approximate surface area is 73.5 Å². The first-order valence-corrected chi connectivity index (χ1v) is 0.548. The smallest absolute Gasteiger partial charge is 1.00 e. The van der Waals surface area contributed by atoms with Crippen molar-refractivity contribution in [3.63, 3.8) is 0 Å². The summed E-state index contributed by atoms with van der Waals surface area (Å²) >= 11 is 0. The third-order valence-corrected chi connectivity index (χ3v) is 0. The molecule has 0 aromatic carbocycles. The van der Waals surface area contributed by atoms with Gasteiger partial charge in [-0.2, -0.15) is 0 Å². The quantitative estimate of drug-likeness (QED) is 0.249. The molecule has 0 heterocycles. The van der Waals surface area contributed by atoms with Crippen LogP contribution in [0.1, 0.15) is 1.43 Å². The average Bonchev–Trinajstić information content (AvgIpc) is 0.811. The summed E-state index contributed by atoms with van der Waals surface area (Å²) in [7, 11) is 0. The number of hydrogen-bond acceptors (Lipinski definition) is 3. The monoisotopic (exact) mass is 212 g/mol. The molecule has 0 aromatic heterocycles. The van der Waals surface area contributed by atoms with Gasteiger partial charge in [0.25, 0.3) is 0 Å². The molecule has 0 aliphatic carbocycles. The molecule has 0 aromatic rings. The molecule has 7 heteroatoms. The Morgan fingerprint density at radius 1 is 1.43 bits per heavy atom. The molecule has 4 nitrogen and oxygen atoms in total. The Morgan fingerprint density at radius 2 is 1.43 bits per heavy atom. The van der Waals surface area contributed by atoms with Crippen molar-refractivity contribution < 1.29 is 45.8 Å². The van der Waals surface area contributed by atoms with Crippen molar-refractivity contribution >= 4 is 12.4 Å². The van der Waals surface area contributed by atoms with Crippen LogP contribution in [-0.2, 0) is 20.4 Å². The molecule has 0 radical (unpaired) electrons. The van der Waals surface area contributed by atoms with Crippen molar-refractivity contribution in [3.05, 3.63) is 15.3 Å². The molecule has 7 heavy (non-hydrogen) atoms. The Morgan fingerprint density at radius 3 is 1.43 bits per heavy atom. The van der Waals surface area contributed by atoms with E-state index in [4.69, 9.17) is 15.3 Å². The third kappa shape index (κ3) is 271. The fourth-order valence-electron chi connectivity index (χ4n) is 0. The maximum Gasteiger partial charge on any atom is 1.00 e. The van der Waals surface area contributed by atoms with Gasteiger partial charge in [-0.15, -0.1) is 12.4 Å². The van der Waals surface area contributed by atoms with Gasteiger partial charge in [-0.25, -0.2) is 0 Å². The van der Waals surface area contributed by atoms with Crippen molar-refractivity contribution in [2.45, 2.75) is 0 Å². The molecule has 0 unspecified atom stereocenters. The minimum absolute atomic E-state index is 0. The van der Waals surface area contributed by atoms with Gasteiger partial charge in [0.15, 0.2) is 0 Å². The molecule has 44 valence electrons. The van der Waals surface area contributed by atoms with Crippen LogP contribution in [0.4, 0.5) is 0 Å². The molecule has 0 saturated heterocycles. The first kappa shape index (κ1) is 25.1. The molecule has 0 N–H and O–H groups in total. The van der Waals surface area contributed by atoms with Crippen LogP contribution in [0.3, 0.4) is 0 Å². The number of rotatable bonds is 0. The molecular weight excluding hydrogens is 211 g/mol. The standard InChI is InChI=1S/ClH.Li.NO3.Pd.H/c;;2-1(3)4;;/h1H;;;;/q;+1;-1;;-1. The molecule has 0 fully saturated rings. The summed E-state index contributed by atoms with van der Waals surface area (Å²) in [6.07, 6.45) is 0. The van der Waals surface area contributed by atoms with E-state index in [-0.39, 0.29) is 53.1 Å². The van der Waals surface area contributed by atoms with Crippen LogP contribution in [0.5, 0.6) is 0 Å². The summed E-state index contributed by atoms with van der Waals surface area (Å²) in [6, 6.07) is 0.